The van der Waals surface area contributed by atoms with Crippen molar-refractivity contribution in [3.05, 3.63) is 59.9 Å². The van der Waals surface area contributed by atoms with Gasteiger partial charge in [-0.3, -0.25) is 4.79 Å². The van der Waals surface area contributed by atoms with Gasteiger partial charge in [-0.25, -0.2) is 4.39 Å². The van der Waals surface area contributed by atoms with Crippen LogP contribution < -0.4 is 14.5 Å². The predicted molar refractivity (Wildman–Crippen MR) is 107 cm³/mol. The Kier molecular flexibility index (Phi) is 7.01. The fourth-order valence-corrected chi connectivity index (χ4v) is 3.50. The largest absolute Gasteiger partial charge is 0.491 e. The van der Waals surface area contributed by atoms with Crippen molar-refractivity contribution in [2.45, 2.75) is 19.4 Å². The number of quaternary nitrogens is 1. The Balaban J connectivity index is 1.41. The molecule has 2 N–H and O–H groups in total. The first-order chi connectivity index (χ1) is 13.6. The molecule has 0 spiro atoms. The first-order valence-corrected chi connectivity index (χ1v) is 9.84. The van der Waals surface area contributed by atoms with Crippen molar-refractivity contribution in [2.24, 2.45) is 0 Å². The summed E-state index contributed by atoms with van der Waals surface area (Å²) in [5.41, 5.74) is 1.32. The minimum absolute atomic E-state index is 0.102. The summed E-state index contributed by atoms with van der Waals surface area (Å²) in [6.45, 7) is 5.85. The van der Waals surface area contributed by atoms with Gasteiger partial charge in [0.1, 0.15) is 30.8 Å². The highest BCUT2D eigenvalue weighted by atomic mass is 19.1. The maximum Gasteiger partial charge on any atom is 0.162 e. The van der Waals surface area contributed by atoms with Gasteiger partial charge < -0.3 is 19.6 Å². The molecular formula is C22H28FN2O3+. The van der Waals surface area contributed by atoms with Crippen LogP contribution in [0.4, 0.5) is 10.1 Å². The normalized spacial score (nSPS) is 16.0. The number of carbonyl (C=O) groups is 1. The topological polar surface area (TPSA) is 54.2 Å². The number of Topliss-reactive ketones (excluding diaryl/α,β-unsaturated/α-hetero) is 1. The van der Waals surface area contributed by atoms with E-state index in [1.54, 1.807) is 30.3 Å². The van der Waals surface area contributed by atoms with E-state index in [0.717, 1.165) is 26.2 Å². The number of halogens is 1. The van der Waals surface area contributed by atoms with E-state index < -0.39 is 6.10 Å². The van der Waals surface area contributed by atoms with Crippen LogP contribution in [-0.4, -0.2) is 56.3 Å². The molecule has 1 saturated heterocycles. The number of ketones is 1. The Morgan fingerprint density at radius 1 is 1.18 bits per heavy atom. The summed E-state index contributed by atoms with van der Waals surface area (Å²) in [5.74, 6) is 0.557. The minimum Gasteiger partial charge on any atom is -0.491 e. The monoisotopic (exact) mass is 387 g/mol. The van der Waals surface area contributed by atoms with Crippen molar-refractivity contribution in [2.75, 3.05) is 44.2 Å². The quantitative estimate of drug-likeness (QED) is 0.675. The van der Waals surface area contributed by atoms with Crippen LogP contribution in [0.5, 0.6) is 5.75 Å². The van der Waals surface area contributed by atoms with Gasteiger partial charge >= 0.3 is 0 Å². The maximum atomic E-state index is 13.9. The van der Waals surface area contributed by atoms with Crippen LogP contribution in [0.1, 0.15) is 23.7 Å². The first-order valence-electron chi connectivity index (χ1n) is 9.84. The molecule has 0 unspecified atom stereocenters. The number of hydrogen-bond donors (Lipinski definition) is 2. The molecule has 0 amide bonds. The fourth-order valence-electron chi connectivity index (χ4n) is 3.50. The molecule has 0 aliphatic carbocycles. The van der Waals surface area contributed by atoms with Gasteiger partial charge in [-0.15, -0.1) is 0 Å². The molecular weight excluding hydrogens is 359 g/mol. The summed E-state index contributed by atoms with van der Waals surface area (Å²) in [7, 11) is 0. The number of hydrogen-bond acceptors (Lipinski definition) is 4. The second-order valence-corrected chi connectivity index (χ2v) is 7.16. The molecule has 0 radical (unpaired) electrons. The zero-order chi connectivity index (χ0) is 19.9. The van der Waals surface area contributed by atoms with E-state index in [9.17, 15) is 14.3 Å². The molecule has 1 aliphatic rings. The Hall–Kier alpha value is -2.44. The van der Waals surface area contributed by atoms with E-state index in [1.165, 1.54) is 11.0 Å². The van der Waals surface area contributed by atoms with Gasteiger partial charge in [0.2, 0.25) is 0 Å². The summed E-state index contributed by atoms with van der Waals surface area (Å²) >= 11 is 0. The summed E-state index contributed by atoms with van der Waals surface area (Å²) in [6, 6.07) is 13.9. The Bertz CT molecular complexity index is 774. The van der Waals surface area contributed by atoms with Crippen LogP contribution in [0, 0.1) is 5.82 Å². The molecule has 2 aromatic rings. The number of rotatable bonds is 8. The van der Waals surface area contributed by atoms with Gasteiger partial charge in [0.15, 0.2) is 5.78 Å². The molecule has 0 aromatic heterocycles. The molecule has 150 valence electrons. The zero-order valence-corrected chi connectivity index (χ0v) is 16.2. The number of nitrogens with zero attached hydrogens (tertiary/aromatic N) is 1. The molecule has 5 nitrogen and oxygen atoms in total. The molecule has 2 aromatic carbocycles. The molecule has 1 atom stereocenters. The number of piperazine rings is 1. The van der Waals surface area contributed by atoms with Gasteiger partial charge in [-0.05, 0) is 36.4 Å². The summed E-state index contributed by atoms with van der Waals surface area (Å²) in [5, 5.41) is 10.3. The zero-order valence-electron chi connectivity index (χ0n) is 16.2. The Morgan fingerprint density at radius 2 is 1.86 bits per heavy atom. The molecule has 0 bridgehead atoms. The summed E-state index contributed by atoms with van der Waals surface area (Å²) in [6.07, 6.45) is -0.0988. The second kappa shape index (κ2) is 9.66. The lowest BCUT2D eigenvalue weighted by molar-refractivity contribution is -0.903. The van der Waals surface area contributed by atoms with Gasteiger partial charge in [0, 0.05) is 12.0 Å². The van der Waals surface area contributed by atoms with E-state index in [4.69, 9.17) is 4.74 Å². The van der Waals surface area contributed by atoms with Crippen LogP contribution >= 0.6 is 0 Å². The lowest BCUT2D eigenvalue weighted by Crippen LogP contribution is -3.16. The van der Waals surface area contributed by atoms with E-state index in [0.29, 0.717) is 30.0 Å². The minimum atomic E-state index is -0.577. The molecule has 1 heterocycles. The van der Waals surface area contributed by atoms with Crippen LogP contribution in [0.15, 0.2) is 48.5 Å². The number of carbonyl (C=O) groups excluding carboxylic acids is 1. The number of aliphatic hydroxyl groups excluding tert-OH is 1. The lowest BCUT2D eigenvalue weighted by Gasteiger charge is -2.34. The third-order valence-corrected chi connectivity index (χ3v) is 5.13. The fraction of sp³-hybridized carbons (Fsp3) is 0.409. The van der Waals surface area contributed by atoms with Crippen LogP contribution in [0.3, 0.4) is 0 Å². The van der Waals surface area contributed by atoms with E-state index >= 15 is 0 Å². The highest BCUT2D eigenvalue weighted by molar-refractivity contribution is 5.95. The average Bonchev–Trinajstić information content (AvgIpc) is 2.73. The van der Waals surface area contributed by atoms with Crippen molar-refractivity contribution >= 4 is 11.5 Å². The van der Waals surface area contributed by atoms with E-state index in [2.05, 4.69) is 4.90 Å². The third kappa shape index (κ3) is 5.30. The van der Waals surface area contributed by atoms with Gasteiger partial charge in [-0.1, -0.05) is 19.1 Å². The molecule has 3 rings (SSSR count). The number of aliphatic hydroxyl groups is 1. The van der Waals surface area contributed by atoms with Crippen molar-refractivity contribution in [3.8, 4) is 5.75 Å². The van der Waals surface area contributed by atoms with Crippen LogP contribution in [0.25, 0.3) is 0 Å². The van der Waals surface area contributed by atoms with Gasteiger partial charge in [0.05, 0.1) is 31.9 Å². The average molecular weight is 387 g/mol. The maximum absolute atomic E-state index is 13.9. The Morgan fingerprint density at radius 3 is 2.50 bits per heavy atom. The van der Waals surface area contributed by atoms with Crippen molar-refractivity contribution < 1.29 is 23.9 Å². The predicted octanol–water partition coefficient (Wildman–Crippen LogP) is 1.56. The SMILES string of the molecule is CCC(=O)c1ccc(OC[C@@H](O)C[NH+]2CCN(c3ccccc3F)CC2)cc1. The molecule has 1 aliphatic heterocycles. The third-order valence-electron chi connectivity index (χ3n) is 5.13. The first kappa shape index (κ1) is 20.3. The van der Waals surface area contributed by atoms with Gasteiger partial charge in [-0.2, -0.15) is 0 Å². The standard InChI is InChI=1S/C22H27FN2O3/c1-2-22(27)17-7-9-19(10-8-17)28-16-18(26)15-24-11-13-25(14-12-24)21-6-4-3-5-20(21)23/h3-10,18,26H,2,11-16H2,1H3/p+1/t18-/m0/s1. The number of para-hydroxylation sites is 1. The summed E-state index contributed by atoms with van der Waals surface area (Å²) in [4.78, 5) is 15.0. The van der Waals surface area contributed by atoms with Gasteiger partial charge in [0.25, 0.3) is 0 Å². The lowest BCUT2D eigenvalue weighted by atomic mass is 10.1. The van der Waals surface area contributed by atoms with Crippen molar-refractivity contribution in [3.63, 3.8) is 0 Å². The highest BCUT2D eigenvalue weighted by Crippen LogP contribution is 2.18. The number of benzene rings is 2. The Labute approximate surface area is 165 Å². The smallest absolute Gasteiger partial charge is 0.162 e. The molecule has 0 saturated carbocycles. The summed E-state index contributed by atoms with van der Waals surface area (Å²) < 4.78 is 19.6. The van der Waals surface area contributed by atoms with Crippen LogP contribution in [-0.2, 0) is 0 Å². The number of anilines is 1. The van der Waals surface area contributed by atoms with E-state index in [1.807, 2.05) is 19.1 Å². The molecule has 28 heavy (non-hydrogen) atoms. The highest BCUT2D eigenvalue weighted by Gasteiger charge is 2.24. The van der Waals surface area contributed by atoms with Crippen molar-refractivity contribution in [1.82, 2.24) is 0 Å². The molecule has 6 heteroatoms. The molecule has 1 fully saturated rings. The van der Waals surface area contributed by atoms with E-state index in [-0.39, 0.29) is 18.2 Å². The van der Waals surface area contributed by atoms with Crippen LogP contribution in [0.2, 0.25) is 0 Å². The number of ether oxygens (including phenoxy) is 1. The second-order valence-electron chi connectivity index (χ2n) is 7.16. The number of nitrogens with one attached hydrogen (secondary N) is 1. The van der Waals surface area contributed by atoms with Crippen molar-refractivity contribution in [1.29, 1.82) is 0 Å².